The van der Waals surface area contributed by atoms with Crippen molar-refractivity contribution in [3.63, 3.8) is 0 Å². The van der Waals surface area contributed by atoms with Crippen molar-refractivity contribution in [2.45, 2.75) is 65.1 Å². The van der Waals surface area contributed by atoms with Crippen LogP contribution in [0.5, 0.6) is 0 Å². The zero-order chi connectivity index (χ0) is 25.2. The molecule has 0 saturated carbocycles. The number of amides is 2. The summed E-state index contributed by atoms with van der Waals surface area (Å²) in [6, 6.07) is 23.4. The van der Waals surface area contributed by atoms with Crippen LogP contribution in [-0.4, -0.2) is 28.8 Å². The van der Waals surface area contributed by atoms with Crippen molar-refractivity contribution in [2.75, 3.05) is 0 Å². The molecule has 2 amide bonds. The van der Waals surface area contributed by atoms with Gasteiger partial charge in [-0.2, -0.15) is 0 Å². The third-order valence-corrected chi connectivity index (χ3v) is 6.32. The lowest BCUT2D eigenvalue weighted by Crippen LogP contribution is -2.52. The molecule has 0 unspecified atom stereocenters. The SMILES string of the molecule is CC[C@@H](C)NC(=O)[C@@H](Cc1ccccc1)N(Cc1ccccc1F)C(=O)CCc1ccc(C)cc1. The first-order chi connectivity index (χ1) is 16.9. The predicted octanol–water partition coefficient (Wildman–Crippen LogP) is 5.62. The van der Waals surface area contributed by atoms with Crippen LogP contribution in [0.15, 0.2) is 78.9 Å². The van der Waals surface area contributed by atoms with Gasteiger partial charge in [0.2, 0.25) is 11.8 Å². The molecule has 0 saturated heterocycles. The molecule has 1 N–H and O–H groups in total. The molecule has 3 aromatic rings. The fourth-order valence-corrected chi connectivity index (χ4v) is 3.95. The lowest BCUT2D eigenvalue weighted by Gasteiger charge is -2.32. The molecule has 0 aliphatic heterocycles. The molecule has 3 rings (SSSR count). The summed E-state index contributed by atoms with van der Waals surface area (Å²) in [6.45, 7) is 6.00. The molecule has 0 bridgehead atoms. The van der Waals surface area contributed by atoms with Crippen molar-refractivity contribution in [3.8, 4) is 0 Å². The lowest BCUT2D eigenvalue weighted by atomic mass is 10.0. The van der Waals surface area contributed by atoms with Gasteiger partial charge in [-0.1, -0.05) is 85.3 Å². The number of halogens is 1. The Morgan fingerprint density at radius 2 is 1.57 bits per heavy atom. The zero-order valence-electron chi connectivity index (χ0n) is 20.8. The average molecular weight is 475 g/mol. The van der Waals surface area contributed by atoms with Gasteiger partial charge >= 0.3 is 0 Å². The maximum atomic E-state index is 14.6. The Balaban J connectivity index is 1.91. The van der Waals surface area contributed by atoms with E-state index >= 15 is 0 Å². The van der Waals surface area contributed by atoms with Crippen LogP contribution in [-0.2, 0) is 29.0 Å². The number of carbonyl (C=O) groups excluding carboxylic acids is 2. The van der Waals surface area contributed by atoms with Gasteiger partial charge in [-0.25, -0.2) is 4.39 Å². The number of aryl methyl sites for hydroxylation is 2. The fraction of sp³-hybridized carbons (Fsp3) is 0.333. The normalized spacial score (nSPS) is 12.6. The van der Waals surface area contributed by atoms with Crippen molar-refractivity contribution in [2.24, 2.45) is 0 Å². The van der Waals surface area contributed by atoms with E-state index in [9.17, 15) is 14.0 Å². The van der Waals surface area contributed by atoms with Gasteiger partial charge in [-0.05, 0) is 43.9 Å². The van der Waals surface area contributed by atoms with Gasteiger partial charge in [0.05, 0.1) is 0 Å². The topological polar surface area (TPSA) is 49.4 Å². The minimum absolute atomic E-state index is 0.0289. The van der Waals surface area contributed by atoms with E-state index in [0.29, 0.717) is 18.4 Å². The van der Waals surface area contributed by atoms with Crippen LogP contribution < -0.4 is 5.32 Å². The number of benzene rings is 3. The third kappa shape index (κ3) is 7.78. The highest BCUT2D eigenvalue weighted by Crippen LogP contribution is 2.19. The molecule has 5 heteroatoms. The first-order valence-electron chi connectivity index (χ1n) is 12.3. The summed E-state index contributed by atoms with van der Waals surface area (Å²) >= 11 is 0. The van der Waals surface area contributed by atoms with Gasteiger partial charge in [-0.3, -0.25) is 9.59 Å². The summed E-state index contributed by atoms with van der Waals surface area (Å²) in [5.74, 6) is -0.776. The van der Waals surface area contributed by atoms with Gasteiger partial charge in [0.1, 0.15) is 11.9 Å². The van der Waals surface area contributed by atoms with Crippen molar-refractivity contribution in [1.82, 2.24) is 10.2 Å². The molecule has 35 heavy (non-hydrogen) atoms. The summed E-state index contributed by atoms with van der Waals surface area (Å²) in [4.78, 5) is 28.6. The van der Waals surface area contributed by atoms with Crippen LogP contribution in [0, 0.1) is 12.7 Å². The Bertz CT molecular complexity index is 1100. The number of hydrogen-bond acceptors (Lipinski definition) is 2. The van der Waals surface area contributed by atoms with E-state index in [1.165, 1.54) is 6.07 Å². The Morgan fingerprint density at radius 3 is 2.23 bits per heavy atom. The second-order valence-corrected chi connectivity index (χ2v) is 9.12. The molecule has 3 aromatic carbocycles. The monoisotopic (exact) mass is 474 g/mol. The first kappa shape index (κ1) is 26.1. The fourth-order valence-electron chi connectivity index (χ4n) is 3.95. The van der Waals surface area contributed by atoms with Gasteiger partial charge in [0.15, 0.2) is 0 Å². The zero-order valence-corrected chi connectivity index (χ0v) is 20.8. The van der Waals surface area contributed by atoms with Crippen LogP contribution in [0.25, 0.3) is 0 Å². The Hall–Kier alpha value is -3.47. The molecule has 0 heterocycles. The predicted molar refractivity (Wildman–Crippen MR) is 138 cm³/mol. The van der Waals surface area contributed by atoms with E-state index in [2.05, 4.69) is 5.32 Å². The molecule has 0 aliphatic rings. The summed E-state index contributed by atoms with van der Waals surface area (Å²) in [6.07, 6.45) is 1.92. The Morgan fingerprint density at radius 1 is 0.914 bits per heavy atom. The highest BCUT2D eigenvalue weighted by Gasteiger charge is 2.31. The third-order valence-electron chi connectivity index (χ3n) is 6.32. The molecule has 184 valence electrons. The van der Waals surface area contributed by atoms with E-state index in [0.717, 1.165) is 23.1 Å². The summed E-state index contributed by atoms with van der Waals surface area (Å²) in [7, 11) is 0. The number of nitrogens with zero attached hydrogens (tertiary/aromatic N) is 1. The van der Waals surface area contributed by atoms with Crippen LogP contribution in [0.2, 0.25) is 0 Å². The number of carbonyl (C=O) groups is 2. The largest absolute Gasteiger partial charge is 0.352 e. The van der Waals surface area contributed by atoms with Gasteiger partial charge < -0.3 is 10.2 Å². The van der Waals surface area contributed by atoms with Gasteiger partial charge in [0, 0.05) is 31.0 Å². The second-order valence-electron chi connectivity index (χ2n) is 9.12. The lowest BCUT2D eigenvalue weighted by molar-refractivity contribution is -0.141. The Labute approximate surface area is 208 Å². The molecule has 0 aliphatic carbocycles. The highest BCUT2D eigenvalue weighted by molar-refractivity contribution is 5.88. The van der Waals surface area contributed by atoms with Crippen molar-refractivity contribution < 1.29 is 14.0 Å². The first-order valence-corrected chi connectivity index (χ1v) is 12.3. The smallest absolute Gasteiger partial charge is 0.243 e. The van der Waals surface area contributed by atoms with Crippen LogP contribution in [0.1, 0.15) is 48.9 Å². The van der Waals surface area contributed by atoms with Crippen molar-refractivity contribution >= 4 is 11.8 Å². The van der Waals surface area contributed by atoms with E-state index in [1.54, 1.807) is 23.1 Å². The number of hydrogen-bond donors (Lipinski definition) is 1. The van der Waals surface area contributed by atoms with E-state index in [1.807, 2.05) is 75.4 Å². The van der Waals surface area contributed by atoms with Crippen LogP contribution >= 0.6 is 0 Å². The minimum atomic E-state index is -0.753. The number of rotatable bonds is 11. The van der Waals surface area contributed by atoms with Crippen LogP contribution in [0.4, 0.5) is 4.39 Å². The minimum Gasteiger partial charge on any atom is -0.352 e. The summed E-state index contributed by atoms with van der Waals surface area (Å²) in [5, 5.41) is 3.04. The van der Waals surface area contributed by atoms with Crippen molar-refractivity contribution in [1.29, 1.82) is 0 Å². The molecule has 0 radical (unpaired) electrons. The Kier molecular flexibility index (Phi) is 9.59. The maximum absolute atomic E-state index is 14.6. The molecular weight excluding hydrogens is 439 g/mol. The number of nitrogens with one attached hydrogen (secondary N) is 1. The molecule has 4 nitrogen and oxygen atoms in total. The summed E-state index contributed by atoms with van der Waals surface area (Å²) in [5.41, 5.74) is 3.55. The summed E-state index contributed by atoms with van der Waals surface area (Å²) < 4.78 is 14.6. The van der Waals surface area contributed by atoms with Gasteiger partial charge in [0.25, 0.3) is 0 Å². The standard InChI is InChI=1S/C30H35FN2O2/c1-4-23(3)32-30(35)28(20-25-10-6-5-7-11-25)33(21-26-12-8-9-13-27(26)31)29(34)19-18-24-16-14-22(2)15-17-24/h5-17,23,28H,4,18-21H2,1-3H3,(H,32,35)/t23-,28-/m1/s1. The molecule has 0 fully saturated rings. The van der Waals surface area contributed by atoms with E-state index < -0.39 is 6.04 Å². The quantitative estimate of drug-likeness (QED) is 0.392. The second kappa shape index (κ2) is 12.8. The average Bonchev–Trinajstić information content (AvgIpc) is 2.87. The molecule has 2 atom stereocenters. The maximum Gasteiger partial charge on any atom is 0.243 e. The molecule has 0 aromatic heterocycles. The molecule has 0 spiro atoms. The van der Waals surface area contributed by atoms with E-state index in [-0.39, 0.29) is 36.6 Å². The molecular formula is C30H35FN2O2. The van der Waals surface area contributed by atoms with Crippen molar-refractivity contribution in [3.05, 3.63) is 107 Å². The van der Waals surface area contributed by atoms with E-state index in [4.69, 9.17) is 0 Å². The van der Waals surface area contributed by atoms with Crippen LogP contribution in [0.3, 0.4) is 0 Å². The van der Waals surface area contributed by atoms with Gasteiger partial charge in [-0.15, -0.1) is 0 Å². The highest BCUT2D eigenvalue weighted by atomic mass is 19.1.